The molecule has 1 amide bonds. The first-order valence-corrected chi connectivity index (χ1v) is 9.03. The second-order valence-corrected chi connectivity index (χ2v) is 6.70. The van der Waals surface area contributed by atoms with Crippen LogP contribution in [0.15, 0.2) is 24.3 Å². The minimum absolute atomic E-state index is 0.0726. The number of ether oxygens (including phenoxy) is 1. The molecule has 4 nitrogen and oxygen atoms in total. The fraction of sp³-hybridized carbons (Fsp3) is 0.632. The summed E-state index contributed by atoms with van der Waals surface area (Å²) in [5.74, 6) is 1.63. The molecule has 2 atom stereocenters. The number of anilines is 1. The molecule has 1 aromatic rings. The second kappa shape index (κ2) is 7.82. The van der Waals surface area contributed by atoms with Gasteiger partial charge in [0.1, 0.15) is 5.75 Å². The number of likely N-dealkylation sites (tertiary alicyclic amines) is 1. The van der Waals surface area contributed by atoms with Crippen molar-refractivity contribution in [2.45, 2.75) is 51.5 Å². The molecule has 1 aliphatic carbocycles. The zero-order valence-corrected chi connectivity index (χ0v) is 14.1. The fourth-order valence-electron chi connectivity index (χ4n) is 4.15. The zero-order valence-electron chi connectivity index (χ0n) is 14.1. The Balaban J connectivity index is 1.60. The molecule has 0 radical (unpaired) electrons. The number of carbonyl (C=O) groups excluding carboxylic acids is 1. The lowest BCUT2D eigenvalue weighted by Gasteiger charge is -2.43. The van der Waals surface area contributed by atoms with Crippen LogP contribution in [0.25, 0.3) is 0 Å². The summed E-state index contributed by atoms with van der Waals surface area (Å²) in [6, 6.07) is 8.28. The van der Waals surface area contributed by atoms with Gasteiger partial charge in [0, 0.05) is 6.04 Å². The molecule has 3 rings (SSSR count). The number of nitrogens with zero attached hydrogens (tertiary/aromatic N) is 1. The summed E-state index contributed by atoms with van der Waals surface area (Å²) in [7, 11) is 0. The number of hydrogen-bond acceptors (Lipinski definition) is 3. The molecular formula is C19H28N2O2. The van der Waals surface area contributed by atoms with Crippen LogP contribution in [-0.2, 0) is 4.79 Å². The highest BCUT2D eigenvalue weighted by Gasteiger charge is 2.33. The summed E-state index contributed by atoms with van der Waals surface area (Å²) in [5.41, 5.74) is 0.775. The van der Waals surface area contributed by atoms with E-state index in [0.717, 1.165) is 23.9 Å². The van der Waals surface area contributed by atoms with E-state index in [1.807, 2.05) is 31.2 Å². The first-order chi connectivity index (χ1) is 11.3. The van der Waals surface area contributed by atoms with Gasteiger partial charge in [-0.3, -0.25) is 9.69 Å². The van der Waals surface area contributed by atoms with Crippen molar-refractivity contribution < 1.29 is 9.53 Å². The summed E-state index contributed by atoms with van der Waals surface area (Å²) in [6.07, 6.45) is 7.85. The Morgan fingerprint density at radius 1 is 1.22 bits per heavy atom. The predicted molar refractivity (Wildman–Crippen MR) is 92.8 cm³/mol. The van der Waals surface area contributed by atoms with Gasteiger partial charge in [-0.2, -0.15) is 0 Å². The third-order valence-electron chi connectivity index (χ3n) is 5.17. The minimum Gasteiger partial charge on any atom is -0.492 e. The van der Waals surface area contributed by atoms with Crippen LogP contribution in [0.4, 0.5) is 5.69 Å². The van der Waals surface area contributed by atoms with Crippen LogP contribution in [0.1, 0.15) is 45.4 Å². The lowest BCUT2D eigenvalue weighted by atomic mass is 9.78. The first-order valence-electron chi connectivity index (χ1n) is 9.03. The Kier molecular flexibility index (Phi) is 5.55. The molecule has 0 spiro atoms. The number of fused-ring (bicyclic) bond motifs is 1. The molecule has 1 aromatic carbocycles. The fourth-order valence-corrected chi connectivity index (χ4v) is 4.15. The summed E-state index contributed by atoms with van der Waals surface area (Å²) in [4.78, 5) is 14.9. The number of carbonyl (C=O) groups is 1. The van der Waals surface area contributed by atoms with Crippen molar-refractivity contribution in [2.75, 3.05) is 25.0 Å². The van der Waals surface area contributed by atoms with Crippen molar-refractivity contribution in [3.8, 4) is 5.75 Å². The lowest BCUT2D eigenvalue weighted by molar-refractivity contribution is -0.118. The zero-order chi connectivity index (χ0) is 16.1. The Hall–Kier alpha value is -1.55. The molecule has 1 saturated heterocycles. The van der Waals surface area contributed by atoms with Crippen LogP contribution in [0.5, 0.6) is 5.75 Å². The molecule has 4 heteroatoms. The lowest BCUT2D eigenvalue weighted by Crippen LogP contribution is -2.49. The maximum absolute atomic E-state index is 12.5. The van der Waals surface area contributed by atoms with Crippen molar-refractivity contribution in [2.24, 2.45) is 5.92 Å². The maximum atomic E-state index is 12.5. The molecular weight excluding hydrogens is 288 g/mol. The van der Waals surface area contributed by atoms with Crippen LogP contribution in [0.3, 0.4) is 0 Å². The summed E-state index contributed by atoms with van der Waals surface area (Å²) in [5, 5.41) is 3.03. The molecule has 0 aromatic heterocycles. The average molecular weight is 316 g/mol. The summed E-state index contributed by atoms with van der Waals surface area (Å²) < 4.78 is 5.59. The normalized spacial score (nSPS) is 24.7. The first kappa shape index (κ1) is 16.3. The monoisotopic (exact) mass is 316 g/mol. The van der Waals surface area contributed by atoms with E-state index in [9.17, 15) is 4.79 Å². The van der Waals surface area contributed by atoms with E-state index in [4.69, 9.17) is 4.74 Å². The van der Waals surface area contributed by atoms with Gasteiger partial charge in [-0.15, -0.1) is 0 Å². The number of rotatable bonds is 5. The van der Waals surface area contributed by atoms with Gasteiger partial charge >= 0.3 is 0 Å². The third kappa shape index (κ3) is 4.05. The summed E-state index contributed by atoms with van der Waals surface area (Å²) >= 11 is 0. The van der Waals surface area contributed by atoms with E-state index in [-0.39, 0.29) is 5.91 Å². The molecule has 23 heavy (non-hydrogen) atoms. The Morgan fingerprint density at radius 2 is 2.00 bits per heavy atom. The highest BCUT2D eigenvalue weighted by Crippen LogP contribution is 2.35. The standard InChI is InChI=1S/C19H28N2O2/c1-2-23-18-12-6-4-10-16(18)20-19(22)14-21-13-7-9-15-8-3-5-11-17(15)21/h4,6,10,12,15,17H,2-3,5,7-9,11,13-14H2,1H3,(H,20,22). The van der Waals surface area contributed by atoms with Crippen molar-refractivity contribution in [3.05, 3.63) is 24.3 Å². The van der Waals surface area contributed by atoms with Crippen molar-refractivity contribution in [1.82, 2.24) is 4.90 Å². The van der Waals surface area contributed by atoms with E-state index >= 15 is 0 Å². The maximum Gasteiger partial charge on any atom is 0.238 e. The van der Waals surface area contributed by atoms with E-state index in [1.54, 1.807) is 0 Å². The van der Waals surface area contributed by atoms with Gasteiger partial charge in [-0.25, -0.2) is 0 Å². The van der Waals surface area contributed by atoms with Crippen LogP contribution in [-0.4, -0.2) is 36.5 Å². The Labute approximate surface area is 139 Å². The third-order valence-corrected chi connectivity index (χ3v) is 5.17. The van der Waals surface area contributed by atoms with Crippen molar-refractivity contribution in [1.29, 1.82) is 0 Å². The number of piperidine rings is 1. The van der Waals surface area contributed by atoms with Gasteiger partial charge in [0.25, 0.3) is 0 Å². The van der Waals surface area contributed by atoms with Gasteiger partial charge in [-0.05, 0) is 57.2 Å². The largest absolute Gasteiger partial charge is 0.492 e. The average Bonchev–Trinajstić information content (AvgIpc) is 2.57. The van der Waals surface area contributed by atoms with Gasteiger partial charge in [0.05, 0.1) is 18.8 Å². The number of para-hydroxylation sites is 2. The SMILES string of the molecule is CCOc1ccccc1NC(=O)CN1CCCC2CCCCC21. The van der Waals surface area contributed by atoms with E-state index in [2.05, 4.69) is 10.2 Å². The van der Waals surface area contributed by atoms with Crippen LogP contribution in [0, 0.1) is 5.92 Å². The van der Waals surface area contributed by atoms with Gasteiger partial charge in [0.15, 0.2) is 0 Å². The molecule has 2 aliphatic rings. The van der Waals surface area contributed by atoms with Crippen molar-refractivity contribution in [3.63, 3.8) is 0 Å². The highest BCUT2D eigenvalue weighted by atomic mass is 16.5. The number of hydrogen-bond donors (Lipinski definition) is 1. The number of benzene rings is 1. The Bertz CT molecular complexity index is 530. The van der Waals surface area contributed by atoms with Crippen LogP contribution < -0.4 is 10.1 Å². The second-order valence-electron chi connectivity index (χ2n) is 6.70. The molecule has 1 heterocycles. The van der Waals surface area contributed by atoms with E-state index < -0.39 is 0 Å². The van der Waals surface area contributed by atoms with Gasteiger partial charge < -0.3 is 10.1 Å². The van der Waals surface area contributed by atoms with Gasteiger partial charge in [0.2, 0.25) is 5.91 Å². The molecule has 1 N–H and O–H groups in total. The molecule has 1 aliphatic heterocycles. The van der Waals surface area contributed by atoms with Crippen LogP contribution in [0.2, 0.25) is 0 Å². The minimum atomic E-state index is 0.0726. The molecule has 2 unspecified atom stereocenters. The summed E-state index contributed by atoms with van der Waals surface area (Å²) in [6.45, 7) is 4.11. The molecule has 126 valence electrons. The van der Waals surface area contributed by atoms with E-state index in [1.165, 1.54) is 38.5 Å². The molecule has 1 saturated carbocycles. The molecule has 0 bridgehead atoms. The Morgan fingerprint density at radius 3 is 2.87 bits per heavy atom. The number of nitrogens with one attached hydrogen (secondary N) is 1. The highest BCUT2D eigenvalue weighted by molar-refractivity contribution is 5.93. The predicted octanol–water partition coefficient (Wildman–Crippen LogP) is 3.68. The number of amides is 1. The quantitative estimate of drug-likeness (QED) is 0.901. The van der Waals surface area contributed by atoms with Gasteiger partial charge in [-0.1, -0.05) is 25.0 Å². The molecule has 2 fully saturated rings. The van der Waals surface area contributed by atoms with E-state index in [0.29, 0.717) is 19.2 Å². The van der Waals surface area contributed by atoms with Crippen molar-refractivity contribution >= 4 is 11.6 Å². The smallest absolute Gasteiger partial charge is 0.238 e. The van der Waals surface area contributed by atoms with Crippen LogP contribution >= 0.6 is 0 Å². The topological polar surface area (TPSA) is 41.6 Å².